The smallest absolute Gasteiger partial charge is 0.244 e. The summed E-state index contributed by atoms with van der Waals surface area (Å²) in [7, 11) is -3.49. The first-order valence-corrected chi connectivity index (χ1v) is 9.44. The number of hydrogen-bond acceptors (Lipinski definition) is 4. The standard InChI is InChI=1S/C14H20BrN3O2S/c1-10-8-17-6-2-3-12(17)9-18(10)21(19,20)14-5-4-11(16)7-13(14)15/h4-5,7,10,12H,2-3,6,8-9,16H2,1H3. The van der Waals surface area contributed by atoms with Gasteiger partial charge in [0.1, 0.15) is 0 Å². The number of nitrogens with zero attached hydrogens (tertiary/aromatic N) is 2. The van der Waals surface area contributed by atoms with Crippen molar-refractivity contribution in [1.82, 2.24) is 9.21 Å². The van der Waals surface area contributed by atoms with E-state index in [9.17, 15) is 8.42 Å². The molecule has 0 aromatic heterocycles. The van der Waals surface area contributed by atoms with Crippen molar-refractivity contribution in [3.8, 4) is 0 Å². The maximum Gasteiger partial charge on any atom is 0.244 e. The van der Waals surface area contributed by atoms with Crippen molar-refractivity contribution < 1.29 is 8.42 Å². The summed E-state index contributed by atoms with van der Waals surface area (Å²) in [5, 5.41) is 0. The Kier molecular flexibility index (Phi) is 4.02. The van der Waals surface area contributed by atoms with Crippen LogP contribution in [-0.4, -0.2) is 49.3 Å². The van der Waals surface area contributed by atoms with Crippen molar-refractivity contribution in [2.75, 3.05) is 25.4 Å². The lowest BCUT2D eigenvalue weighted by Gasteiger charge is -2.41. The van der Waals surface area contributed by atoms with Crippen LogP contribution in [0.4, 0.5) is 5.69 Å². The van der Waals surface area contributed by atoms with Crippen LogP contribution in [-0.2, 0) is 10.0 Å². The van der Waals surface area contributed by atoms with Gasteiger partial charge in [0.25, 0.3) is 0 Å². The third-order valence-corrected chi connectivity index (χ3v) is 7.38. The fourth-order valence-corrected chi connectivity index (χ4v) is 6.06. The zero-order valence-electron chi connectivity index (χ0n) is 12.0. The van der Waals surface area contributed by atoms with Crippen LogP contribution in [0.1, 0.15) is 19.8 Å². The number of piperazine rings is 1. The first-order chi connectivity index (χ1) is 9.89. The van der Waals surface area contributed by atoms with E-state index in [2.05, 4.69) is 20.8 Å². The van der Waals surface area contributed by atoms with Crippen LogP contribution in [0.5, 0.6) is 0 Å². The number of nitrogens with two attached hydrogens (primary N) is 1. The van der Waals surface area contributed by atoms with Crippen molar-refractivity contribution in [2.24, 2.45) is 0 Å². The molecule has 21 heavy (non-hydrogen) atoms. The molecule has 0 aliphatic carbocycles. The highest BCUT2D eigenvalue weighted by Gasteiger charge is 2.40. The van der Waals surface area contributed by atoms with E-state index in [1.54, 1.807) is 22.5 Å². The van der Waals surface area contributed by atoms with Crippen molar-refractivity contribution in [1.29, 1.82) is 0 Å². The molecule has 2 atom stereocenters. The van der Waals surface area contributed by atoms with Gasteiger partial charge in [-0.15, -0.1) is 0 Å². The molecule has 0 amide bonds. The van der Waals surface area contributed by atoms with Crippen LogP contribution in [0.25, 0.3) is 0 Å². The molecule has 1 aromatic carbocycles. The largest absolute Gasteiger partial charge is 0.399 e. The van der Waals surface area contributed by atoms with Crippen LogP contribution >= 0.6 is 15.9 Å². The molecule has 0 radical (unpaired) electrons. The predicted octanol–water partition coefficient (Wildman–Crippen LogP) is 1.89. The normalized spacial score (nSPS) is 27.7. The number of halogens is 1. The highest BCUT2D eigenvalue weighted by molar-refractivity contribution is 9.10. The maximum absolute atomic E-state index is 13.0. The van der Waals surface area contributed by atoms with Gasteiger partial charge in [-0.05, 0) is 60.4 Å². The molecule has 116 valence electrons. The lowest BCUT2D eigenvalue weighted by molar-refractivity contribution is 0.117. The molecule has 2 N–H and O–H groups in total. The molecular weight excluding hydrogens is 354 g/mol. The molecule has 5 nitrogen and oxygen atoms in total. The second-order valence-corrected chi connectivity index (χ2v) is 8.62. The number of anilines is 1. The summed E-state index contributed by atoms with van der Waals surface area (Å²) in [5.74, 6) is 0. The fraction of sp³-hybridized carbons (Fsp3) is 0.571. The molecule has 3 rings (SSSR count). The van der Waals surface area contributed by atoms with Gasteiger partial charge >= 0.3 is 0 Å². The van der Waals surface area contributed by atoms with Gasteiger partial charge in [-0.1, -0.05) is 0 Å². The summed E-state index contributed by atoms with van der Waals surface area (Å²) >= 11 is 3.33. The molecule has 0 bridgehead atoms. The third-order valence-electron chi connectivity index (χ3n) is 4.42. The lowest BCUT2D eigenvalue weighted by Crippen LogP contribution is -2.56. The van der Waals surface area contributed by atoms with E-state index in [0.717, 1.165) is 25.9 Å². The van der Waals surface area contributed by atoms with E-state index in [1.165, 1.54) is 0 Å². The number of hydrogen-bond donors (Lipinski definition) is 1. The minimum Gasteiger partial charge on any atom is -0.399 e. The Morgan fingerprint density at radius 2 is 2.10 bits per heavy atom. The van der Waals surface area contributed by atoms with Crippen LogP contribution in [0.15, 0.2) is 27.6 Å². The Labute approximate surface area is 134 Å². The van der Waals surface area contributed by atoms with Gasteiger partial charge < -0.3 is 5.73 Å². The zero-order valence-corrected chi connectivity index (χ0v) is 14.4. The summed E-state index contributed by atoms with van der Waals surface area (Å²) in [4.78, 5) is 2.71. The van der Waals surface area contributed by atoms with Crippen molar-refractivity contribution >= 4 is 31.6 Å². The van der Waals surface area contributed by atoms with Crippen LogP contribution in [0.3, 0.4) is 0 Å². The monoisotopic (exact) mass is 373 g/mol. The Bertz CT molecular complexity index is 650. The highest BCUT2D eigenvalue weighted by Crippen LogP contribution is 2.32. The van der Waals surface area contributed by atoms with Crippen LogP contribution < -0.4 is 5.73 Å². The van der Waals surface area contributed by atoms with Crippen molar-refractivity contribution in [3.63, 3.8) is 0 Å². The average Bonchev–Trinajstić information content (AvgIpc) is 2.84. The fourth-order valence-electron chi connectivity index (χ4n) is 3.35. The number of benzene rings is 1. The Morgan fingerprint density at radius 3 is 2.81 bits per heavy atom. The van der Waals surface area contributed by atoms with Crippen LogP contribution in [0.2, 0.25) is 0 Å². The minimum absolute atomic E-state index is 0.00574. The van der Waals surface area contributed by atoms with Gasteiger partial charge in [-0.25, -0.2) is 8.42 Å². The molecule has 1 aromatic rings. The first kappa shape index (κ1) is 15.3. The summed E-state index contributed by atoms with van der Waals surface area (Å²) in [5.41, 5.74) is 6.25. The number of sulfonamides is 1. The quantitative estimate of drug-likeness (QED) is 0.803. The maximum atomic E-state index is 13.0. The molecule has 2 fully saturated rings. The third kappa shape index (κ3) is 2.72. The van der Waals surface area contributed by atoms with E-state index in [0.29, 0.717) is 27.6 Å². The Hall–Kier alpha value is -0.630. The van der Waals surface area contributed by atoms with E-state index < -0.39 is 10.0 Å². The van der Waals surface area contributed by atoms with Gasteiger partial charge in [-0.2, -0.15) is 4.31 Å². The lowest BCUT2D eigenvalue weighted by atomic mass is 10.1. The molecule has 2 aliphatic rings. The van der Waals surface area contributed by atoms with E-state index >= 15 is 0 Å². The first-order valence-electron chi connectivity index (χ1n) is 7.20. The Balaban J connectivity index is 1.93. The van der Waals surface area contributed by atoms with Crippen LogP contribution in [0, 0.1) is 0 Å². The number of nitrogen functional groups attached to an aromatic ring is 1. The van der Waals surface area contributed by atoms with Crippen molar-refractivity contribution in [3.05, 3.63) is 22.7 Å². The highest BCUT2D eigenvalue weighted by atomic mass is 79.9. The summed E-state index contributed by atoms with van der Waals surface area (Å²) in [6, 6.07) is 5.22. The van der Waals surface area contributed by atoms with Gasteiger partial charge in [-0.3, -0.25) is 4.90 Å². The number of rotatable bonds is 2. The second kappa shape index (κ2) is 5.53. The molecule has 2 unspecified atom stereocenters. The summed E-state index contributed by atoms with van der Waals surface area (Å²) in [6.07, 6.45) is 2.25. The second-order valence-electron chi connectivity index (χ2n) is 5.90. The molecule has 2 aliphatic heterocycles. The SMILES string of the molecule is CC1CN2CCCC2CN1S(=O)(=O)c1ccc(N)cc1Br. The molecule has 2 saturated heterocycles. The van der Waals surface area contributed by atoms with Gasteiger partial charge in [0.2, 0.25) is 10.0 Å². The average molecular weight is 374 g/mol. The summed E-state index contributed by atoms with van der Waals surface area (Å²) in [6.45, 7) is 4.47. The summed E-state index contributed by atoms with van der Waals surface area (Å²) < 4.78 is 28.1. The molecule has 0 saturated carbocycles. The van der Waals surface area contributed by atoms with Gasteiger partial charge in [0.05, 0.1) is 4.90 Å². The predicted molar refractivity (Wildman–Crippen MR) is 86.5 cm³/mol. The van der Waals surface area contributed by atoms with E-state index in [4.69, 9.17) is 5.73 Å². The van der Waals surface area contributed by atoms with E-state index in [1.807, 2.05) is 6.92 Å². The van der Waals surface area contributed by atoms with Crippen molar-refractivity contribution in [2.45, 2.75) is 36.7 Å². The Morgan fingerprint density at radius 1 is 1.33 bits per heavy atom. The zero-order chi connectivity index (χ0) is 15.2. The van der Waals surface area contributed by atoms with E-state index in [-0.39, 0.29) is 6.04 Å². The molecule has 2 heterocycles. The minimum atomic E-state index is -3.49. The molecule has 7 heteroatoms. The molecular formula is C14H20BrN3O2S. The topological polar surface area (TPSA) is 66.6 Å². The van der Waals surface area contributed by atoms with Gasteiger partial charge in [0, 0.05) is 35.3 Å². The van der Waals surface area contributed by atoms with Gasteiger partial charge in [0.15, 0.2) is 0 Å². The number of fused-ring (bicyclic) bond motifs is 1. The molecule has 0 spiro atoms.